The van der Waals surface area contributed by atoms with Gasteiger partial charge in [0, 0.05) is 37.3 Å². The molecule has 3 saturated carbocycles. The molecule has 0 spiro atoms. The predicted molar refractivity (Wildman–Crippen MR) is 173 cm³/mol. The van der Waals surface area contributed by atoms with Crippen molar-refractivity contribution in [2.24, 2.45) is 17.8 Å². The molecule has 0 radical (unpaired) electrons. The van der Waals surface area contributed by atoms with E-state index in [1.165, 1.54) is 19.3 Å². The molecule has 0 bridgehead atoms. The first-order valence-corrected chi connectivity index (χ1v) is 17.4. The Morgan fingerprint density at radius 3 is 2.37 bits per heavy atom. The molecular weight excluding hydrogens is 640 g/mol. The normalized spacial score (nSPS) is 25.0. The SMILES string of the molecule is C=C(C)[C@H](NC(=O)[C@@H](NC(=O)c1ncc[nH]1)C1CCCCC1)C(=O)N1C[C@H]2[C@H](CCC2(F)F)[C@H]1C(=O)N[C@@H](CCC)C(=O)C(=O)NC1CC1. The lowest BCUT2D eigenvalue weighted by atomic mass is 9.83. The van der Waals surface area contributed by atoms with E-state index >= 15 is 8.78 Å². The summed E-state index contributed by atoms with van der Waals surface area (Å²) >= 11 is 0. The van der Waals surface area contributed by atoms with Gasteiger partial charge in [0.1, 0.15) is 18.1 Å². The molecule has 15 heteroatoms. The Bertz CT molecular complexity index is 1440. The average molecular weight is 688 g/mol. The van der Waals surface area contributed by atoms with Crippen LogP contribution in [0.5, 0.6) is 0 Å². The maximum atomic E-state index is 15.1. The molecule has 4 fully saturated rings. The van der Waals surface area contributed by atoms with Gasteiger partial charge in [-0.05, 0) is 62.9 Å². The van der Waals surface area contributed by atoms with E-state index in [-0.39, 0.29) is 36.2 Å². The lowest BCUT2D eigenvalue weighted by Crippen LogP contribution is -2.60. The molecule has 1 aromatic rings. The molecule has 6 atom stereocenters. The molecule has 13 nitrogen and oxygen atoms in total. The van der Waals surface area contributed by atoms with Crippen LogP contribution in [0.3, 0.4) is 0 Å². The third-order valence-corrected chi connectivity index (χ3v) is 10.3. The van der Waals surface area contributed by atoms with Crippen molar-refractivity contribution in [3.05, 3.63) is 30.4 Å². The molecular formula is C34H47F2N7O6. The van der Waals surface area contributed by atoms with Gasteiger partial charge in [-0.25, -0.2) is 13.8 Å². The van der Waals surface area contributed by atoms with E-state index in [9.17, 15) is 28.8 Å². The van der Waals surface area contributed by atoms with E-state index in [0.29, 0.717) is 19.3 Å². The first-order valence-electron chi connectivity index (χ1n) is 17.4. The van der Waals surface area contributed by atoms with Crippen LogP contribution in [-0.2, 0) is 24.0 Å². The zero-order valence-electron chi connectivity index (χ0n) is 28.1. The number of nitrogens with zero attached hydrogens (tertiary/aromatic N) is 2. The van der Waals surface area contributed by atoms with Crippen molar-refractivity contribution in [2.75, 3.05) is 6.54 Å². The van der Waals surface area contributed by atoms with Crippen LogP contribution in [-0.4, -0.2) is 92.9 Å². The number of H-pyrrole nitrogens is 1. The largest absolute Gasteiger partial charge is 0.347 e. The Labute approximate surface area is 284 Å². The van der Waals surface area contributed by atoms with Crippen LogP contribution in [0.1, 0.15) is 95.1 Å². The van der Waals surface area contributed by atoms with Gasteiger partial charge in [-0.15, -0.1) is 0 Å². The van der Waals surface area contributed by atoms with E-state index in [4.69, 9.17) is 0 Å². The molecule has 268 valence electrons. The van der Waals surface area contributed by atoms with Crippen LogP contribution in [0, 0.1) is 17.8 Å². The second-order valence-electron chi connectivity index (χ2n) is 14.0. The number of hydrogen-bond acceptors (Lipinski definition) is 7. The fraction of sp³-hybridized carbons (Fsp3) is 0.676. The molecule has 5 N–H and O–H groups in total. The van der Waals surface area contributed by atoms with Gasteiger partial charge in [0.2, 0.25) is 23.5 Å². The minimum Gasteiger partial charge on any atom is -0.347 e. The summed E-state index contributed by atoms with van der Waals surface area (Å²) < 4.78 is 30.3. The number of ketones is 1. The van der Waals surface area contributed by atoms with Gasteiger partial charge in [0.05, 0.1) is 6.04 Å². The van der Waals surface area contributed by atoms with Crippen molar-refractivity contribution < 1.29 is 37.5 Å². The van der Waals surface area contributed by atoms with E-state index in [1.807, 2.05) is 0 Å². The summed E-state index contributed by atoms with van der Waals surface area (Å²) in [5.74, 6) is -10.0. The number of alkyl halides is 2. The van der Waals surface area contributed by atoms with E-state index in [0.717, 1.165) is 37.0 Å². The van der Waals surface area contributed by atoms with Crippen LogP contribution in [0.25, 0.3) is 0 Å². The van der Waals surface area contributed by atoms with Gasteiger partial charge in [-0.1, -0.05) is 39.2 Å². The highest BCUT2D eigenvalue weighted by atomic mass is 19.3. The Balaban J connectivity index is 1.37. The van der Waals surface area contributed by atoms with Crippen LogP contribution < -0.4 is 21.3 Å². The molecule has 4 aliphatic rings. The average Bonchev–Trinajstić information content (AvgIpc) is 3.44. The van der Waals surface area contributed by atoms with Gasteiger partial charge >= 0.3 is 0 Å². The van der Waals surface area contributed by atoms with Crippen LogP contribution in [0.15, 0.2) is 24.5 Å². The van der Waals surface area contributed by atoms with E-state index in [2.05, 4.69) is 37.8 Å². The Morgan fingerprint density at radius 2 is 1.76 bits per heavy atom. The van der Waals surface area contributed by atoms with E-state index < -0.39 is 90.2 Å². The number of Topliss-reactive ketones (excluding diaryl/α,β-unsaturated/α-hetero) is 1. The summed E-state index contributed by atoms with van der Waals surface area (Å²) in [4.78, 5) is 88.4. The van der Waals surface area contributed by atoms with Crippen molar-refractivity contribution in [1.82, 2.24) is 36.1 Å². The van der Waals surface area contributed by atoms with Crippen LogP contribution in [0.2, 0.25) is 0 Å². The number of halogens is 2. The number of imidazole rings is 1. The summed E-state index contributed by atoms with van der Waals surface area (Å²) in [6.07, 6.45) is 8.58. The number of aromatic nitrogens is 2. The van der Waals surface area contributed by atoms with Crippen molar-refractivity contribution in [1.29, 1.82) is 0 Å². The second kappa shape index (κ2) is 15.2. The molecule has 3 aliphatic carbocycles. The molecule has 0 aromatic carbocycles. The van der Waals surface area contributed by atoms with Gasteiger partial charge in [-0.2, -0.15) is 0 Å². The smallest absolute Gasteiger partial charge is 0.289 e. The van der Waals surface area contributed by atoms with Gasteiger partial charge in [-0.3, -0.25) is 28.8 Å². The summed E-state index contributed by atoms with van der Waals surface area (Å²) in [6.45, 7) is 6.73. The zero-order valence-corrected chi connectivity index (χ0v) is 28.1. The standard InChI is InChI=1S/C34H47F2N7O6/c1-4-8-23(27(44)31(47)39-20-11-12-20)40-30(46)26-21-13-14-34(35,36)22(21)17-43(26)33(49)24(18(2)3)41-29(45)25(19-9-6-5-7-10-19)42-32(48)28-37-15-16-38-28/h15-16,19-26H,2,4-14,17H2,1,3H3,(H,37,38)(H,39,47)(H,40,46)(H,41,45)(H,42,48)/t21-,22-,23-,24-,25-,26-/m0/s1. The predicted octanol–water partition coefficient (Wildman–Crippen LogP) is 2.15. The fourth-order valence-electron chi connectivity index (χ4n) is 7.54. The van der Waals surface area contributed by atoms with Crippen molar-refractivity contribution in [2.45, 2.75) is 121 Å². The van der Waals surface area contributed by atoms with Gasteiger partial charge in [0.25, 0.3) is 17.7 Å². The minimum atomic E-state index is -3.13. The zero-order chi connectivity index (χ0) is 35.5. The summed E-state index contributed by atoms with van der Waals surface area (Å²) in [7, 11) is 0. The number of rotatable bonds is 14. The number of carbonyl (C=O) groups excluding carboxylic acids is 6. The summed E-state index contributed by atoms with van der Waals surface area (Å²) in [5.41, 5.74) is 0.205. The third-order valence-electron chi connectivity index (χ3n) is 10.3. The molecule has 1 aliphatic heterocycles. The van der Waals surface area contributed by atoms with Crippen LogP contribution >= 0.6 is 0 Å². The van der Waals surface area contributed by atoms with Gasteiger partial charge < -0.3 is 31.2 Å². The summed E-state index contributed by atoms with van der Waals surface area (Å²) in [6, 6.07) is -5.05. The minimum absolute atomic E-state index is 0.0180. The number of hydrogen-bond donors (Lipinski definition) is 5. The first kappa shape index (κ1) is 36.1. The Morgan fingerprint density at radius 1 is 1.04 bits per heavy atom. The molecule has 2 heterocycles. The van der Waals surface area contributed by atoms with E-state index in [1.54, 1.807) is 6.92 Å². The number of nitrogens with one attached hydrogen (secondary N) is 5. The fourth-order valence-corrected chi connectivity index (χ4v) is 7.54. The lowest BCUT2D eigenvalue weighted by Gasteiger charge is -2.34. The monoisotopic (exact) mass is 687 g/mol. The Hall–Kier alpha value is -4.17. The number of fused-ring (bicyclic) bond motifs is 1. The molecule has 5 rings (SSSR count). The van der Waals surface area contributed by atoms with Gasteiger partial charge in [0.15, 0.2) is 5.82 Å². The Kier molecular flexibility index (Phi) is 11.2. The molecule has 49 heavy (non-hydrogen) atoms. The highest BCUT2D eigenvalue weighted by Gasteiger charge is 2.61. The number of carbonyl (C=O) groups is 6. The summed E-state index contributed by atoms with van der Waals surface area (Å²) in [5, 5.41) is 10.7. The highest BCUT2D eigenvalue weighted by molar-refractivity contribution is 6.38. The maximum absolute atomic E-state index is 15.1. The molecule has 0 unspecified atom stereocenters. The quantitative estimate of drug-likeness (QED) is 0.147. The molecule has 1 saturated heterocycles. The highest BCUT2D eigenvalue weighted by Crippen LogP contribution is 2.51. The molecule has 5 amide bonds. The van der Waals surface area contributed by atoms with Crippen molar-refractivity contribution >= 4 is 35.3 Å². The number of likely N-dealkylation sites (tertiary alicyclic amines) is 1. The number of amides is 5. The maximum Gasteiger partial charge on any atom is 0.289 e. The topological polar surface area (TPSA) is 182 Å². The van der Waals surface area contributed by atoms with Crippen molar-refractivity contribution in [3.63, 3.8) is 0 Å². The van der Waals surface area contributed by atoms with Crippen molar-refractivity contribution in [3.8, 4) is 0 Å². The molecule has 1 aromatic heterocycles. The first-order chi connectivity index (χ1) is 23.3. The second-order valence-corrected chi connectivity index (χ2v) is 14.0. The third kappa shape index (κ3) is 8.18. The van der Waals surface area contributed by atoms with Crippen LogP contribution in [0.4, 0.5) is 8.78 Å². The number of aromatic amines is 1. The lowest BCUT2D eigenvalue weighted by molar-refractivity contribution is -0.144.